The molecule has 0 saturated heterocycles. The van der Waals surface area contributed by atoms with Gasteiger partial charge in [-0.15, -0.1) is 0 Å². The van der Waals surface area contributed by atoms with Crippen LogP contribution in [0.3, 0.4) is 0 Å². The van der Waals surface area contributed by atoms with Crippen molar-refractivity contribution in [2.75, 3.05) is 23.7 Å². The number of halogens is 2. The second kappa shape index (κ2) is 16.0. The van der Waals surface area contributed by atoms with Crippen LogP contribution in [-0.4, -0.2) is 50.5 Å². The second-order valence-electron chi connectivity index (χ2n) is 10.3. The molecule has 0 fully saturated rings. The number of hydrogen-bond donors (Lipinski definition) is 1. The maximum Gasteiger partial charge on any atom is 0.243 e. The number of benzene rings is 3. The van der Waals surface area contributed by atoms with Crippen LogP contribution < -0.4 is 9.62 Å². The Hall–Kier alpha value is -3.07. The molecule has 3 aromatic rings. The Bertz CT molecular complexity index is 1450. The highest BCUT2D eigenvalue weighted by Crippen LogP contribution is 2.26. The molecular formula is C32H39Cl2N3O4S. The van der Waals surface area contributed by atoms with E-state index in [1.54, 1.807) is 35.2 Å². The van der Waals surface area contributed by atoms with Gasteiger partial charge >= 0.3 is 0 Å². The van der Waals surface area contributed by atoms with Crippen molar-refractivity contribution in [1.82, 2.24) is 10.2 Å². The average molecular weight is 633 g/mol. The Morgan fingerprint density at radius 3 is 2.29 bits per heavy atom. The van der Waals surface area contributed by atoms with E-state index in [1.165, 1.54) is 4.31 Å². The molecule has 0 heterocycles. The predicted molar refractivity (Wildman–Crippen MR) is 171 cm³/mol. The molecule has 0 aliphatic heterocycles. The van der Waals surface area contributed by atoms with Gasteiger partial charge in [0.25, 0.3) is 0 Å². The van der Waals surface area contributed by atoms with E-state index in [9.17, 15) is 18.0 Å². The molecule has 1 N–H and O–H groups in total. The third-order valence-corrected chi connectivity index (χ3v) is 8.76. The fourth-order valence-corrected chi connectivity index (χ4v) is 6.21. The zero-order valence-electron chi connectivity index (χ0n) is 24.4. The van der Waals surface area contributed by atoms with Gasteiger partial charge in [-0.05, 0) is 54.7 Å². The molecule has 2 amide bonds. The summed E-state index contributed by atoms with van der Waals surface area (Å²) in [6.45, 7) is 4.62. The lowest BCUT2D eigenvalue weighted by Gasteiger charge is -2.32. The van der Waals surface area contributed by atoms with Gasteiger partial charge in [0.05, 0.1) is 11.9 Å². The number of carbonyl (C=O) groups excluding carboxylic acids is 2. The third kappa shape index (κ3) is 9.75. The van der Waals surface area contributed by atoms with Crippen LogP contribution in [0.5, 0.6) is 0 Å². The number of para-hydroxylation sites is 1. The first-order valence-electron chi connectivity index (χ1n) is 14.1. The molecule has 226 valence electrons. The summed E-state index contributed by atoms with van der Waals surface area (Å²) in [6, 6.07) is 21.1. The molecule has 10 heteroatoms. The molecule has 0 aromatic heterocycles. The zero-order valence-corrected chi connectivity index (χ0v) is 26.7. The Balaban J connectivity index is 1.91. The standard InChI is InChI=1S/C32H39Cl2N3O4S/c1-4-5-19-35-32(39)30(21-25-13-7-6-8-14-25)36(23-26-17-18-27(33)22-28(26)34)31(38)16-11-20-37(42(3,40)41)29-15-10-9-12-24(29)2/h6-10,12-15,17-18,22,30H,4-5,11,16,19-21,23H2,1-3H3,(H,35,39)/t30-/m1/s1. The van der Waals surface area contributed by atoms with E-state index < -0.39 is 16.1 Å². The molecule has 0 unspecified atom stereocenters. The Morgan fingerprint density at radius 1 is 0.952 bits per heavy atom. The summed E-state index contributed by atoms with van der Waals surface area (Å²) in [7, 11) is -3.59. The quantitative estimate of drug-likeness (QED) is 0.197. The summed E-state index contributed by atoms with van der Waals surface area (Å²) in [6.07, 6.45) is 3.52. The molecule has 0 bridgehead atoms. The number of nitrogens with zero attached hydrogens (tertiary/aromatic N) is 2. The monoisotopic (exact) mass is 631 g/mol. The van der Waals surface area contributed by atoms with Crippen molar-refractivity contribution in [3.63, 3.8) is 0 Å². The normalized spacial score (nSPS) is 12.0. The molecule has 0 aliphatic carbocycles. The van der Waals surface area contributed by atoms with Crippen molar-refractivity contribution in [1.29, 1.82) is 0 Å². The number of unbranched alkanes of at least 4 members (excludes halogenated alkanes) is 1. The lowest BCUT2D eigenvalue weighted by atomic mass is 10.0. The first-order valence-corrected chi connectivity index (χ1v) is 16.7. The number of nitrogens with one attached hydrogen (secondary N) is 1. The van der Waals surface area contributed by atoms with Crippen LogP contribution in [0.2, 0.25) is 10.0 Å². The first kappa shape index (κ1) is 33.4. The second-order valence-corrected chi connectivity index (χ2v) is 13.1. The molecule has 0 spiro atoms. The van der Waals surface area contributed by atoms with E-state index in [2.05, 4.69) is 5.32 Å². The van der Waals surface area contributed by atoms with Gasteiger partial charge in [-0.1, -0.05) is 91.1 Å². The molecule has 3 aromatic carbocycles. The minimum absolute atomic E-state index is 0.0383. The van der Waals surface area contributed by atoms with Crippen LogP contribution in [0.1, 0.15) is 49.3 Å². The molecule has 42 heavy (non-hydrogen) atoms. The van der Waals surface area contributed by atoms with Gasteiger partial charge in [-0.3, -0.25) is 13.9 Å². The SMILES string of the molecule is CCCCNC(=O)[C@@H](Cc1ccccc1)N(Cc1ccc(Cl)cc1Cl)C(=O)CCCN(c1ccccc1C)S(C)(=O)=O. The Morgan fingerprint density at radius 2 is 1.64 bits per heavy atom. The van der Waals surface area contributed by atoms with Crippen LogP contribution in [-0.2, 0) is 32.6 Å². The fraction of sp³-hybridized carbons (Fsp3) is 0.375. The topological polar surface area (TPSA) is 86.8 Å². The summed E-state index contributed by atoms with van der Waals surface area (Å²) in [5, 5.41) is 3.86. The van der Waals surface area contributed by atoms with Gasteiger partial charge in [-0.2, -0.15) is 0 Å². The first-order chi connectivity index (χ1) is 20.0. The minimum atomic E-state index is -3.59. The smallest absolute Gasteiger partial charge is 0.243 e. The third-order valence-electron chi connectivity index (χ3n) is 6.99. The van der Waals surface area contributed by atoms with E-state index in [-0.39, 0.29) is 37.7 Å². The fourth-order valence-electron chi connectivity index (χ4n) is 4.72. The number of carbonyl (C=O) groups is 2. The van der Waals surface area contributed by atoms with Gasteiger partial charge in [0.1, 0.15) is 6.04 Å². The number of sulfonamides is 1. The molecule has 0 aliphatic rings. The number of anilines is 1. The zero-order chi connectivity index (χ0) is 30.7. The highest BCUT2D eigenvalue weighted by Gasteiger charge is 2.31. The van der Waals surface area contributed by atoms with Crippen LogP contribution in [0, 0.1) is 6.92 Å². The van der Waals surface area contributed by atoms with Gasteiger partial charge in [0, 0.05) is 42.5 Å². The lowest BCUT2D eigenvalue weighted by molar-refractivity contribution is -0.141. The summed E-state index contributed by atoms with van der Waals surface area (Å²) in [4.78, 5) is 29.1. The molecule has 3 rings (SSSR count). The van der Waals surface area contributed by atoms with Crippen molar-refractivity contribution in [3.8, 4) is 0 Å². The van der Waals surface area contributed by atoms with E-state index in [4.69, 9.17) is 23.2 Å². The largest absolute Gasteiger partial charge is 0.354 e. The van der Waals surface area contributed by atoms with Gasteiger partial charge in [0.2, 0.25) is 21.8 Å². The van der Waals surface area contributed by atoms with E-state index in [0.29, 0.717) is 34.3 Å². The lowest BCUT2D eigenvalue weighted by Crippen LogP contribution is -2.50. The maximum atomic E-state index is 13.9. The molecule has 1 atom stereocenters. The highest BCUT2D eigenvalue weighted by molar-refractivity contribution is 7.92. The summed E-state index contributed by atoms with van der Waals surface area (Å²) >= 11 is 12.6. The molecular weight excluding hydrogens is 593 g/mol. The van der Waals surface area contributed by atoms with E-state index in [0.717, 1.165) is 30.2 Å². The van der Waals surface area contributed by atoms with Crippen LogP contribution in [0.15, 0.2) is 72.8 Å². The molecule has 0 saturated carbocycles. The van der Waals surface area contributed by atoms with Gasteiger partial charge < -0.3 is 10.2 Å². The summed E-state index contributed by atoms with van der Waals surface area (Å²) in [5.41, 5.74) is 2.97. The van der Waals surface area contributed by atoms with Crippen LogP contribution >= 0.6 is 23.2 Å². The van der Waals surface area contributed by atoms with Crippen LogP contribution in [0.4, 0.5) is 5.69 Å². The van der Waals surface area contributed by atoms with Gasteiger partial charge in [0.15, 0.2) is 0 Å². The van der Waals surface area contributed by atoms with Crippen molar-refractivity contribution in [2.24, 2.45) is 0 Å². The van der Waals surface area contributed by atoms with Crippen molar-refractivity contribution < 1.29 is 18.0 Å². The van der Waals surface area contributed by atoms with E-state index in [1.807, 2.05) is 56.3 Å². The van der Waals surface area contributed by atoms with Crippen molar-refractivity contribution in [2.45, 2.75) is 58.5 Å². The number of aryl methyl sites for hydroxylation is 1. The van der Waals surface area contributed by atoms with Gasteiger partial charge in [-0.25, -0.2) is 8.42 Å². The van der Waals surface area contributed by atoms with Crippen LogP contribution in [0.25, 0.3) is 0 Å². The van der Waals surface area contributed by atoms with Crippen molar-refractivity contribution in [3.05, 3.63) is 99.5 Å². The average Bonchev–Trinajstić information content (AvgIpc) is 2.94. The summed E-state index contributed by atoms with van der Waals surface area (Å²) < 4.78 is 26.7. The van der Waals surface area contributed by atoms with E-state index >= 15 is 0 Å². The molecule has 7 nitrogen and oxygen atoms in total. The maximum absolute atomic E-state index is 13.9. The Labute approximate surface area is 259 Å². The number of rotatable bonds is 15. The Kier molecular flexibility index (Phi) is 12.7. The highest BCUT2D eigenvalue weighted by atomic mass is 35.5. The molecule has 0 radical (unpaired) electrons. The minimum Gasteiger partial charge on any atom is -0.354 e. The number of hydrogen-bond acceptors (Lipinski definition) is 4. The summed E-state index contributed by atoms with van der Waals surface area (Å²) in [5.74, 6) is -0.519. The van der Waals surface area contributed by atoms with Crippen molar-refractivity contribution >= 4 is 50.7 Å². The predicted octanol–water partition coefficient (Wildman–Crippen LogP) is 6.40. The number of amides is 2.